The first-order valence-corrected chi connectivity index (χ1v) is 5.01. The Hall–Kier alpha value is -1.56. The summed E-state index contributed by atoms with van der Waals surface area (Å²) >= 11 is 0. The van der Waals surface area contributed by atoms with Crippen molar-refractivity contribution in [1.29, 1.82) is 0 Å². The Morgan fingerprint density at radius 2 is 1.79 bits per heavy atom. The van der Waals surface area contributed by atoms with E-state index in [1.54, 1.807) is 0 Å². The van der Waals surface area contributed by atoms with Gasteiger partial charge >= 0.3 is 0 Å². The Labute approximate surface area is 83.9 Å². The highest BCUT2D eigenvalue weighted by atomic mass is 14.2. The lowest BCUT2D eigenvalue weighted by atomic mass is 10.0. The van der Waals surface area contributed by atoms with E-state index in [1.807, 2.05) is 0 Å². The van der Waals surface area contributed by atoms with Crippen LogP contribution in [-0.2, 0) is 12.8 Å². The first-order chi connectivity index (χ1) is 6.84. The van der Waals surface area contributed by atoms with Crippen molar-refractivity contribution < 1.29 is 0 Å². The first-order valence-electron chi connectivity index (χ1n) is 5.01. The third kappa shape index (κ3) is 1.00. The predicted octanol–water partition coefficient (Wildman–Crippen LogP) is 3.49. The van der Waals surface area contributed by atoms with Gasteiger partial charge in [-0.1, -0.05) is 48.6 Å². The van der Waals surface area contributed by atoms with Gasteiger partial charge in [-0.2, -0.15) is 0 Å². The van der Waals surface area contributed by atoms with Crippen molar-refractivity contribution in [3.63, 3.8) is 0 Å². The maximum atomic E-state index is 4.08. The molecule has 0 nitrogen and oxygen atoms in total. The van der Waals surface area contributed by atoms with E-state index in [4.69, 9.17) is 0 Å². The molecule has 2 aromatic carbocycles. The van der Waals surface area contributed by atoms with E-state index >= 15 is 0 Å². The molecular formula is C14H12. The van der Waals surface area contributed by atoms with Gasteiger partial charge in [-0.15, -0.1) is 0 Å². The van der Waals surface area contributed by atoms with Crippen LogP contribution < -0.4 is 0 Å². The van der Waals surface area contributed by atoms with Crippen LogP contribution in [-0.4, -0.2) is 0 Å². The van der Waals surface area contributed by atoms with E-state index in [2.05, 4.69) is 43.0 Å². The van der Waals surface area contributed by atoms with Crippen LogP contribution >= 0.6 is 0 Å². The molecule has 1 aliphatic carbocycles. The largest absolute Gasteiger partial charge is 0.0992 e. The molecule has 0 N–H and O–H groups in total. The van der Waals surface area contributed by atoms with E-state index in [1.165, 1.54) is 27.5 Å². The normalized spacial score (nSPS) is 14.7. The molecule has 0 bridgehead atoms. The van der Waals surface area contributed by atoms with Gasteiger partial charge in [0.25, 0.3) is 0 Å². The fourth-order valence-corrected chi connectivity index (χ4v) is 2.34. The van der Waals surface area contributed by atoms with Crippen LogP contribution in [0.1, 0.15) is 11.1 Å². The summed E-state index contributed by atoms with van der Waals surface area (Å²) in [4.78, 5) is 0. The third-order valence-electron chi connectivity index (χ3n) is 3.00. The van der Waals surface area contributed by atoms with E-state index in [9.17, 15) is 0 Å². The topological polar surface area (TPSA) is 0 Å². The second kappa shape index (κ2) is 2.71. The zero-order valence-electron chi connectivity index (χ0n) is 8.09. The summed E-state index contributed by atoms with van der Waals surface area (Å²) in [5.41, 5.74) is 4.30. The van der Waals surface area contributed by atoms with Gasteiger partial charge in [0.05, 0.1) is 0 Å². The van der Waals surface area contributed by atoms with Gasteiger partial charge in [0.15, 0.2) is 0 Å². The highest BCUT2D eigenvalue weighted by Crippen LogP contribution is 2.31. The Bertz CT molecular complexity index is 521. The van der Waals surface area contributed by atoms with Crippen molar-refractivity contribution in [1.82, 2.24) is 0 Å². The monoisotopic (exact) mass is 180 g/mol. The van der Waals surface area contributed by atoms with Crippen molar-refractivity contribution in [3.05, 3.63) is 59.7 Å². The quantitative estimate of drug-likeness (QED) is 0.544. The maximum Gasteiger partial charge on any atom is -0.00575 e. The van der Waals surface area contributed by atoms with E-state index in [0.29, 0.717) is 0 Å². The second-order valence-electron chi connectivity index (χ2n) is 4.03. The molecule has 0 aromatic heterocycles. The summed E-state index contributed by atoms with van der Waals surface area (Å²) in [5.74, 6) is 0. The van der Waals surface area contributed by atoms with Crippen molar-refractivity contribution in [2.75, 3.05) is 0 Å². The molecule has 14 heavy (non-hydrogen) atoms. The maximum absolute atomic E-state index is 4.08. The van der Waals surface area contributed by atoms with Crippen LogP contribution in [0.25, 0.3) is 10.8 Å². The number of rotatable bonds is 0. The lowest BCUT2D eigenvalue weighted by Crippen LogP contribution is -1.83. The Morgan fingerprint density at radius 1 is 0.929 bits per heavy atom. The zero-order chi connectivity index (χ0) is 9.54. The molecule has 0 heteroatoms. The van der Waals surface area contributed by atoms with E-state index in [0.717, 1.165) is 12.8 Å². The molecule has 1 aliphatic rings. The average Bonchev–Trinajstić information content (AvgIpc) is 2.59. The zero-order valence-corrected chi connectivity index (χ0v) is 8.09. The van der Waals surface area contributed by atoms with Crippen LogP contribution in [0.15, 0.2) is 48.6 Å². The molecule has 0 saturated carbocycles. The third-order valence-corrected chi connectivity index (χ3v) is 3.00. The molecule has 0 spiro atoms. The summed E-state index contributed by atoms with van der Waals surface area (Å²) in [6.45, 7) is 4.08. The van der Waals surface area contributed by atoms with Gasteiger partial charge in [0.2, 0.25) is 0 Å². The Kier molecular flexibility index (Phi) is 1.51. The summed E-state index contributed by atoms with van der Waals surface area (Å²) in [5, 5.41) is 2.75. The van der Waals surface area contributed by atoms with Gasteiger partial charge in [-0.25, -0.2) is 0 Å². The van der Waals surface area contributed by atoms with Gasteiger partial charge in [-0.05, 0) is 34.7 Å². The molecule has 68 valence electrons. The summed E-state index contributed by atoms with van der Waals surface area (Å²) in [6, 6.07) is 13.1. The van der Waals surface area contributed by atoms with Crippen LogP contribution in [0.4, 0.5) is 0 Å². The predicted molar refractivity (Wildman–Crippen MR) is 60.5 cm³/mol. The highest BCUT2D eigenvalue weighted by Gasteiger charge is 2.15. The Balaban J connectivity index is 2.39. The van der Waals surface area contributed by atoms with Crippen molar-refractivity contribution in [2.45, 2.75) is 12.8 Å². The van der Waals surface area contributed by atoms with Gasteiger partial charge < -0.3 is 0 Å². The molecule has 2 aromatic rings. The molecular weight excluding hydrogens is 168 g/mol. The fraction of sp³-hybridized carbons (Fsp3) is 0.143. The van der Waals surface area contributed by atoms with Crippen LogP contribution in [0, 0.1) is 0 Å². The minimum absolute atomic E-state index is 1.07. The van der Waals surface area contributed by atoms with Crippen molar-refractivity contribution in [3.8, 4) is 0 Å². The summed E-state index contributed by atoms with van der Waals surface area (Å²) < 4.78 is 0. The average molecular weight is 180 g/mol. The minimum atomic E-state index is 1.07. The second-order valence-corrected chi connectivity index (χ2v) is 4.03. The number of allylic oxidation sites excluding steroid dienone is 1. The standard InChI is InChI=1S/C14H12/c1-10-8-12-7-6-11-4-2-3-5-13(11)14(12)9-10/h2-7H,1,8-9H2. The molecule has 0 fully saturated rings. The molecule has 0 aliphatic heterocycles. The van der Waals surface area contributed by atoms with Crippen LogP contribution in [0.5, 0.6) is 0 Å². The lowest BCUT2D eigenvalue weighted by Gasteiger charge is -2.03. The number of hydrogen-bond acceptors (Lipinski definition) is 0. The molecule has 0 amide bonds. The van der Waals surface area contributed by atoms with Crippen LogP contribution in [0.2, 0.25) is 0 Å². The smallest absolute Gasteiger partial charge is 0.00575 e. The minimum Gasteiger partial charge on any atom is -0.0992 e. The molecule has 3 rings (SSSR count). The summed E-state index contributed by atoms with van der Waals surface area (Å²) in [7, 11) is 0. The Morgan fingerprint density at radius 3 is 2.71 bits per heavy atom. The van der Waals surface area contributed by atoms with Gasteiger partial charge in [-0.3, -0.25) is 0 Å². The van der Waals surface area contributed by atoms with Crippen molar-refractivity contribution >= 4 is 10.8 Å². The number of benzene rings is 2. The van der Waals surface area contributed by atoms with Crippen LogP contribution in [0.3, 0.4) is 0 Å². The van der Waals surface area contributed by atoms with Gasteiger partial charge in [0.1, 0.15) is 0 Å². The molecule has 0 heterocycles. The highest BCUT2D eigenvalue weighted by molar-refractivity contribution is 5.87. The van der Waals surface area contributed by atoms with Gasteiger partial charge in [0, 0.05) is 0 Å². The molecule has 0 atom stereocenters. The SMILES string of the molecule is C=C1Cc2ccc3ccccc3c2C1. The lowest BCUT2D eigenvalue weighted by molar-refractivity contribution is 1.19. The number of fused-ring (bicyclic) bond motifs is 3. The first kappa shape index (κ1) is 7.81. The molecule has 0 radical (unpaired) electrons. The van der Waals surface area contributed by atoms with E-state index < -0.39 is 0 Å². The molecule has 0 saturated heterocycles. The fourth-order valence-electron chi connectivity index (χ4n) is 2.34. The number of hydrogen-bond donors (Lipinski definition) is 0. The van der Waals surface area contributed by atoms with E-state index in [-0.39, 0.29) is 0 Å². The molecule has 0 unspecified atom stereocenters. The summed E-state index contributed by atoms with van der Waals surface area (Å²) in [6.07, 6.45) is 2.14. The van der Waals surface area contributed by atoms with Crippen molar-refractivity contribution in [2.24, 2.45) is 0 Å².